The zero-order valence-corrected chi connectivity index (χ0v) is 13.9. The molecule has 1 heterocycles. The van der Waals surface area contributed by atoms with Crippen molar-refractivity contribution in [3.63, 3.8) is 0 Å². The third-order valence-corrected chi connectivity index (χ3v) is 4.71. The van der Waals surface area contributed by atoms with E-state index in [1.165, 1.54) is 30.4 Å². The molecular weight excluding hydrogens is 326 g/mol. The second-order valence-electron chi connectivity index (χ2n) is 6.15. The number of nitrogens with zero attached hydrogens (tertiary/aromatic N) is 1. The summed E-state index contributed by atoms with van der Waals surface area (Å²) in [5, 5.41) is 10.9. The number of aromatic nitrogens is 1. The number of aliphatic hydroxyl groups is 1. The lowest BCUT2D eigenvalue weighted by atomic mass is 9.84. The van der Waals surface area contributed by atoms with Gasteiger partial charge in [-0.05, 0) is 76.9 Å². The summed E-state index contributed by atoms with van der Waals surface area (Å²) in [6, 6.07) is 8.48. The quantitative estimate of drug-likeness (QED) is 0.905. The average Bonchev–Trinajstić information content (AvgIpc) is 2.46. The summed E-state index contributed by atoms with van der Waals surface area (Å²) in [6.45, 7) is 1.89. The van der Waals surface area contributed by atoms with Gasteiger partial charge in [0.2, 0.25) is 0 Å². The number of halogens is 1. The Balaban J connectivity index is 1.87. The van der Waals surface area contributed by atoms with Crippen LogP contribution in [0.4, 0.5) is 0 Å². The van der Waals surface area contributed by atoms with Crippen LogP contribution in [0.1, 0.15) is 42.0 Å². The summed E-state index contributed by atoms with van der Waals surface area (Å²) in [4.78, 5) is 4.17. The van der Waals surface area contributed by atoms with Crippen molar-refractivity contribution in [3.8, 4) is 0 Å². The van der Waals surface area contributed by atoms with Crippen LogP contribution in [0.15, 0.2) is 41.1 Å². The molecule has 0 amide bonds. The summed E-state index contributed by atoms with van der Waals surface area (Å²) in [7, 11) is 0. The zero-order chi connectivity index (χ0) is 14.9. The molecule has 1 atom stereocenters. The Kier molecular flexibility index (Phi) is 4.14. The van der Waals surface area contributed by atoms with Gasteiger partial charge in [-0.15, -0.1) is 0 Å². The lowest BCUT2D eigenvalue weighted by Gasteiger charge is -2.26. The Hall–Kier alpha value is -1.19. The molecule has 1 N–H and O–H groups in total. The minimum absolute atomic E-state index is 0.568. The van der Waals surface area contributed by atoms with Gasteiger partial charge in [-0.25, -0.2) is 0 Å². The lowest BCUT2D eigenvalue weighted by Crippen LogP contribution is -2.25. The first-order chi connectivity index (χ1) is 10.0. The molecule has 1 aromatic carbocycles. The molecule has 1 aliphatic rings. The van der Waals surface area contributed by atoms with Gasteiger partial charge in [0.1, 0.15) is 0 Å². The van der Waals surface area contributed by atoms with Crippen LogP contribution in [0, 0.1) is 0 Å². The van der Waals surface area contributed by atoms with Crippen molar-refractivity contribution in [2.24, 2.45) is 0 Å². The highest BCUT2D eigenvalue weighted by Gasteiger charge is 2.25. The van der Waals surface area contributed by atoms with Gasteiger partial charge in [0, 0.05) is 23.3 Å². The van der Waals surface area contributed by atoms with Crippen LogP contribution in [-0.2, 0) is 24.9 Å². The van der Waals surface area contributed by atoms with Gasteiger partial charge in [-0.1, -0.05) is 18.2 Å². The van der Waals surface area contributed by atoms with Crippen molar-refractivity contribution < 1.29 is 5.11 Å². The van der Waals surface area contributed by atoms with E-state index in [1.54, 1.807) is 6.20 Å². The van der Waals surface area contributed by atoms with E-state index in [2.05, 4.69) is 39.1 Å². The number of rotatable bonds is 3. The number of fused-ring (bicyclic) bond motifs is 1. The molecule has 3 rings (SSSR count). The predicted octanol–water partition coefficient (Wildman–Crippen LogP) is 4.17. The third-order valence-electron chi connectivity index (χ3n) is 4.28. The lowest BCUT2D eigenvalue weighted by molar-refractivity contribution is 0.0574. The van der Waals surface area contributed by atoms with Gasteiger partial charge in [0.25, 0.3) is 0 Å². The van der Waals surface area contributed by atoms with Crippen molar-refractivity contribution in [1.82, 2.24) is 4.98 Å². The van der Waals surface area contributed by atoms with Gasteiger partial charge in [0.05, 0.1) is 5.60 Å². The Morgan fingerprint density at radius 1 is 1.14 bits per heavy atom. The summed E-state index contributed by atoms with van der Waals surface area (Å²) in [5.41, 5.74) is 4.03. The van der Waals surface area contributed by atoms with Crippen LogP contribution in [-0.4, -0.2) is 10.1 Å². The molecule has 1 aliphatic carbocycles. The highest BCUT2D eigenvalue weighted by Crippen LogP contribution is 2.30. The minimum atomic E-state index is -0.866. The highest BCUT2D eigenvalue weighted by molar-refractivity contribution is 9.10. The second-order valence-corrected chi connectivity index (χ2v) is 7.07. The van der Waals surface area contributed by atoms with Crippen molar-refractivity contribution in [2.45, 2.75) is 44.6 Å². The SMILES string of the molecule is CC(O)(Cc1cncc(Br)c1)c1ccc2c(c1)CCCC2. The number of hydrogen-bond acceptors (Lipinski definition) is 2. The smallest absolute Gasteiger partial charge is 0.0909 e. The standard InChI is InChI=1S/C18H20BrNO/c1-18(21,10-13-8-17(19)12-20-11-13)16-7-6-14-4-2-3-5-15(14)9-16/h6-9,11-12,21H,2-5,10H2,1H3. The molecular formula is C18H20BrNO. The molecule has 2 aromatic rings. The van der Waals surface area contributed by atoms with Crippen LogP contribution in [0.3, 0.4) is 0 Å². The average molecular weight is 346 g/mol. The van der Waals surface area contributed by atoms with Gasteiger partial charge >= 0.3 is 0 Å². The normalized spacial score (nSPS) is 17.1. The fraction of sp³-hybridized carbons (Fsp3) is 0.389. The van der Waals surface area contributed by atoms with E-state index < -0.39 is 5.60 Å². The van der Waals surface area contributed by atoms with E-state index in [4.69, 9.17) is 0 Å². The number of aryl methyl sites for hydroxylation is 2. The van der Waals surface area contributed by atoms with Crippen molar-refractivity contribution >= 4 is 15.9 Å². The second kappa shape index (κ2) is 5.90. The van der Waals surface area contributed by atoms with E-state index in [-0.39, 0.29) is 0 Å². The molecule has 21 heavy (non-hydrogen) atoms. The summed E-state index contributed by atoms with van der Waals surface area (Å²) < 4.78 is 0.946. The van der Waals surface area contributed by atoms with E-state index in [0.29, 0.717) is 6.42 Å². The van der Waals surface area contributed by atoms with Crippen molar-refractivity contribution in [2.75, 3.05) is 0 Å². The van der Waals surface area contributed by atoms with Gasteiger partial charge in [-0.2, -0.15) is 0 Å². The van der Waals surface area contributed by atoms with Crippen LogP contribution in [0.25, 0.3) is 0 Å². The van der Waals surface area contributed by atoms with Crippen molar-refractivity contribution in [3.05, 3.63) is 63.4 Å². The molecule has 2 nitrogen and oxygen atoms in total. The van der Waals surface area contributed by atoms with Gasteiger partial charge in [-0.3, -0.25) is 4.98 Å². The number of benzene rings is 1. The Morgan fingerprint density at radius 2 is 1.90 bits per heavy atom. The Labute approximate surface area is 134 Å². The first kappa shape index (κ1) is 14.7. The van der Waals surface area contributed by atoms with E-state index in [9.17, 15) is 5.11 Å². The molecule has 0 aliphatic heterocycles. The maximum atomic E-state index is 10.9. The maximum absolute atomic E-state index is 10.9. The molecule has 0 saturated carbocycles. The molecule has 3 heteroatoms. The zero-order valence-electron chi connectivity index (χ0n) is 12.3. The van der Waals surface area contributed by atoms with Crippen LogP contribution >= 0.6 is 15.9 Å². The molecule has 0 radical (unpaired) electrons. The highest BCUT2D eigenvalue weighted by atomic mass is 79.9. The van der Waals surface area contributed by atoms with Gasteiger partial charge < -0.3 is 5.11 Å². The monoisotopic (exact) mass is 345 g/mol. The van der Waals surface area contributed by atoms with Crippen LogP contribution in [0.2, 0.25) is 0 Å². The van der Waals surface area contributed by atoms with Crippen LogP contribution in [0.5, 0.6) is 0 Å². The molecule has 0 fully saturated rings. The Morgan fingerprint density at radius 3 is 2.67 bits per heavy atom. The van der Waals surface area contributed by atoms with E-state index in [0.717, 1.165) is 22.0 Å². The predicted molar refractivity (Wildman–Crippen MR) is 88.3 cm³/mol. The summed E-state index contributed by atoms with van der Waals surface area (Å²) in [5.74, 6) is 0. The number of pyridine rings is 1. The van der Waals surface area contributed by atoms with E-state index in [1.807, 2.05) is 19.2 Å². The molecule has 0 bridgehead atoms. The molecule has 110 valence electrons. The fourth-order valence-electron chi connectivity index (χ4n) is 3.12. The summed E-state index contributed by atoms with van der Waals surface area (Å²) >= 11 is 3.43. The molecule has 1 unspecified atom stereocenters. The summed E-state index contributed by atoms with van der Waals surface area (Å²) in [6.07, 6.45) is 9.00. The molecule has 1 aromatic heterocycles. The first-order valence-electron chi connectivity index (χ1n) is 7.49. The fourth-order valence-corrected chi connectivity index (χ4v) is 3.53. The minimum Gasteiger partial charge on any atom is -0.385 e. The first-order valence-corrected chi connectivity index (χ1v) is 8.28. The Bertz CT molecular complexity index is 651. The molecule has 0 spiro atoms. The van der Waals surface area contributed by atoms with Crippen molar-refractivity contribution in [1.29, 1.82) is 0 Å². The van der Waals surface area contributed by atoms with Gasteiger partial charge in [0.15, 0.2) is 0 Å². The van der Waals surface area contributed by atoms with E-state index >= 15 is 0 Å². The third kappa shape index (κ3) is 3.35. The number of hydrogen-bond donors (Lipinski definition) is 1. The largest absolute Gasteiger partial charge is 0.385 e. The maximum Gasteiger partial charge on any atom is 0.0909 e. The topological polar surface area (TPSA) is 33.1 Å². The molecule has 0 saturated heterocycles. The van der Waals surface area contributed by atoms with Crippen LogP contribution < -0.4 is 0 Å².